The molecule has 154 valence electrons. The Morgan fingerprint density at radius 3 is 2.45 bits per heavy atom. The standard InChI is InChI=1S/C24H29NO4/c1-4-5-6-10-15-28-23-22(27-3)20-14-13-19(16-21(20)25(2)24(23)26)29-17-18-11-8-7-9-12-18/h7-9,11-14,16H,4-6,10,15,17H2,1-3H3. The summed E-state index contributed by atoms with van der Waals surface area (Å²) >= 11 is 0. The van der Waals surface area contributed by atoms with Crippen molar-refractivity contribution in [3.8, 4) is 17.2 Å². The second-order valence-electron chi connectivity index (χ2n) is 7.09. The number of hydrogen-bond donors (Lipinski definition) is 0. The molecule has 3 rings (SSSR count). The lowest BCUT2D eigenvalue weighted by molar-refractivity contribution is 0.281. The molecule has 0 spiro atoms. The molecule has 1 heterocycles. The van der Waals surface area contributed by atoms with Crippen LogP contribution in [-0.2, 0) is 13.7 Å². The van der Waals surface area contributed by atoms with E-state index in [0.29, 0.717) is 24.7 Å². The van der Waals surface area contributed by atoms with Gasteiger partial charge in [-0.3, -0.25) is 4.79 Å². The maximum atomic E-state index is 12.9. The monoisotopic (exact) mass is 395 g/mol. The van der Waals surface area contributed by atoms with Crippen molar-refractivity contribution in [2.24, 2.45) is 7.05 Å². The first kappa shape index (κ1) is 20.8. The summed E-state index contributed by atoms with van der Waals surface area (Å²) in [6.07, 6.45) is 4.34. The first-order valence-electron chi connectivity index (χ1n) is 10.2. The smallest absolute Gasteiger partial charge is 0.297 e. The highest BCUT2D eigenvalue weighted by Gasteiger charge is 2.18. The van der Waals surface area contributed by atoms with Crippen molar-refractivity contribution in [1.82, 2.24) is 4.57 Å². The molecule has 5 nitrogen and oxygen atoms in total. The molecular weight excluding hydrogens is 366 g/mol. The Morgan fingerprint density at radius 1 is 0.931 bits per heavy atom. The number of ether oxygens (including phenoxy) is 3. The van der Waals surface area contributed by atoms with E-state index in [9.17, 15) is 4.79 Å². The number of pyridine rings is 1. The van der Waals surface area contributed by atoms with E-state index in [1.165, 1.54) is 6.42 Å². The molecule has 3 aromatic rings. The number of nitrogens with zero attached hydrogens (tertiary/aromatic N) is 1. The fourth-order valence-electron chi connectivity index (χ4n) is 3.33. The van der Waals surface area contributed by atoms with Gasteiger partial charge in [0.2, 0.25) is 5.75 Å². The first-order chi connectivity index (χ1) is 14.2. The molecule has 5 heteroatoms. The Balaban J connectivity index is 1.86. The van der Waals surface area contributed by atoms with Crippen molar-refractivity contribution in [2.45, 2.75) is 39.2 Å². The van der Waals surface area contributed by atoms with E-state index in [0.717, 1.165) is 35.7 Å². The maximum Gasteiger partial charge on any atom is 0.297 e. The number of benzene rings is 2. The van der Waals surface area contributed by atoms with Crippen LogP contribution in [0.5, 0.6) is 17.2 Å². The van der Waals surface area contributed by atoms with Gasteiger partial charge in [-0.25, -0.2) is 0 Å². The zero-order valence-electron chi connectivity index (χ0n) is 17.4. The van der Waals surface area contributed by atoms with Crippen molar-refractivity contribution in [1.29, 1.82) is 0 Å². The van der Waals surface area contributed by atoms with Crippen LogP contribution in [0.2, 0.25) is 0 Å². The minimum atomic E-state index is -0.204. The van der Waals surface area contributed by atoms with Crippen LogP contribution in [0.3, 0.4) is 0 Å². The van der Waals surface area contributed by atoms with Crippen molar-refractivity contribution < 1.29 is 14.2 Å². The Bertz CT molecular complexity index is 995. The summed E-state index contributed by atoms with van der Waals surface area (Å²) in [5, 5.41) is 0.824. The average Bonchev–Trinajstić information content (AvgIpc) is 2.76. The maximum absolute atomic E-state index is 12.9. The van der Waals surface area contributed by atoms with Crippen molar-refractivity contribution in [3.05, 3.63) is 64.4 Å². The number of unbranched alkanes of at least 4 members (excludes halogenated alkanes) is 3. The summed E-state index contributed by atoms with van der Waals surface area (Å²) in [7, 11) is 3.31. The van der Waals surface area contributed by atoms with Crippen molar-refractivity contribution in [2.75, 3.05) is 13.7 Å². The summed E-state index contributed by atoms with van der Waals surface area (Å²) in [6.45, 7) is 3.15. The zero-order valence-corrected chi connectivity index (χ0v) is 17.4. The molecule has 0 atom stereocenters. The molecule has 0 amide bonds. The molecule has 0 bridgehead atoms. The SMILES string of the molecule is CCCCCCOc1c(OC)c2ccc(OCc3ccccc3)cc2n(C)c1=O. The average molecular weight is 395 g/mol. The fourth-order valence-corrected chi connectivity index (χ4v) is 3.33. The minimum absolute atomic E-state index is 0.204. The van der Waals surface area contributed by atoms with Crippen LogP contribution in [0.25, 0.3) is 10.9 Å². The Labute approximate surface area is 171 Å². The summed E-state index contributed by atoms with van der Waals surface area (Å²) < 4.78 is 18.9. The third-order valence-electron chi connectivity index (χ3n) is 4.98. The van der Waals surface area contributed by atoms with E-state index in [2.05, 4.69) is 6.92 Å². The van der Waals surface area contributed by atoms with Gasteiger partial charge in [0.1, 0.15) is 12.4 Å². The predicted octanol–water partition coefficient (Wildman–Crippen LogP) is 5.09. The number of aryl methyl sites for hydroxylation is 1. The van der Waals surface area contributed by atoms with Gasteiger partial charge in [-0.1, -0.05) is 56.5 Å². The third-order valence-corrected chi connectivity index (χ3v) is 4.98. The van der Waals surface area contributed by atoms with Gasteiger partial charge in [0, 0.05) is 18.5 Å². The number of methoxy groups -OCH3 is 1. The zero-order chi connectivity index (χ0) is 20.6. The van der Waals surface area contributed by atoms with E-state index in [1.807, 2.05) is 48.5 Å². The highest BCUT2D eigenvalue weighted by Crippen LogP contribution is 2.34. The predicted molar refractivity (Wildman–Crippen MR) is 116 cm³/mol. The molecule has 0 unspecified atom stereocenters. The lowest BCUT2D eigenvalue weighted by Crippen LogP contribution is -2.21. The van der Waals surface area contributed by atoms with Gasteiger partial charge in [0.25, 0.3) is 5.56 Å². The van der Waals surface area contributed by atoms with E-state index in [-0.39, 0.29) is 11.3 Å². The van der Waals surface area contributed by atoms with Gasteiger partial charge >= 0.3 is 0 Å². The topological polar surface area (TPSA) is 49.7 Å². The summed E-state index contributed by atoms with van der Waals surface area (Å²) in [5.74, 6) is 1.46. The minimum Gasteiger partial charge on any atom is -0.492 e. The highest BCUT2D eigenvalue weighted by atomic mass is 16.5. The third kappa shape index (κ3) is 4.91. The lowest BCUT2D eigenvalue weighted by atomic mass is 10.1. The molecule has 0 N–H and O–H groups in total. The summed E-state index contributed by atoms with van der Waals surface area (Å²) in [4.78, 5) is 12.9. The largest absolute Gasteiger partial charge is 0.492 e. The Kier molecular flexibility index (Phi) is 7.17. The van der Waals surface area contributed by atoms with E-state index >= 15 is 0 Å². The van der Waals surface area contributed by atoms with Crippen LogP contribution in [-0.4, -0.2) is 18.3 Å². The summed E-state index contributed by atoms with van der Waals surface area (Å²) in [6, 6.07) is 15.7. The van der Waals surface area contributed by atoms with E-state index in [1.54, 1.807) is 18.7 Å². The first-order valence-corrected chi connectivity index (χ1v) is 10.2. The van der Waals surface area contributed by atoms with Crippen molar-refractivity contribution in [3.63, 3.8) is 0 Å². The molecule has 2 aromatic carbocycles. The molecule has 0 aliphatic carbocycles. The fraction of sp³-hybridized carbons (Fsp3) is 0.375. The van der Waals surface area contributed by atoms with Gasteiger partial charge in [-0.05, 0) is 24.1 Å². The van der Waals surface area contributed by atoms with Crippen molar-refractivity contribution >= 4 is 10.9 Å². The normalized spacial score (nSPS) is 10.9. The Hall–Kier alpha value is -2.95. The van der Waals surface area contributed by atoms with Crippen LogP contribution in [0, 0.1) is 0 Å². The molecular formula is C24H29NO4. The number of rotatable bonds is 10. The van der Waals surface area contributed by atoms with Crippen LogP contribution in [0.15, 0.2) is 53.3 Å². The van der Waals surface area contributed by atoms with Crippen LogP contribution in [0.1, 0.15) is 38.2 Å². The second-order valence-corrected chi connectivity index (χ2v) is 7.09. The lowest BCUT2D eigenvalue weighted by Gasteiger charge is -2.16. The molecule has 0 fully saturated rings. The molecule has 0 saturated carbocycles. The number of aromatic nitrogens is 1. The molecule has 0 aliphatic rings. The second kappa shape index (κ2) is 10.0. The Morgan fingerprint density at radius 2 is 1.72 bits per heavy atom. The number of hydrogen-bond acceptors (Lipinski definition) is 4. The van der Waals surface area contributed by atoms with Gasteiger partial charge in [0.15, 0.2) is 5.75 Å². The van der Waals surface area contributed by atoms with E-state index in [4.69, 9.17) is 14.2 Å². The molecule has 0 aliphatic heterocycles. The van der Waals surface area contributed by atoms with Gasteiger partial charge < -0.3 is 18.8 Å². The van der Waals surface area contributed by atoms with Gasteiger partial charge in [-0.2, -0.15) is 0 Å². The van der Waals surface area contributed by atoms with Crippen LogP contribution in [0.4, 0.5) is 0 Å². The van der Waals surface area contributed by atoms with E-state index < -0.39 is 0 Å². The summed E-state index contributed by atoms with van der Waals surface area (Å²) in [5.41, 5.74) is 1.63. The van der Waals surface area contributed by atoms with Crippen LogP contribution >= 0.6 is 0 Å². The van der Waals surface area contributed by atoms with Gasteiger partial charge in [0.05, 0.1) is 19.2 Å². The molecule has 0 saturated heterocycles. The van der Waals surface area contributed by atoms with Crippen LogP contribution < -0.4 is 19.8 Å². The quantitative estimate of drug-likeness (QED) is 0.449. The molecule has 1 aromatic heterocycles. The highest BCUT2D eigenvalue weighted by molar-refractivity contribution is 5.89. The molecule has 0 radical (unpaired) electrons. The molecule has 29 heavy (non-hydrogen) atoms. The number of fused-ring (bicyclic) bond motifs is 1. The van der Waals surface area contributed by atoms with Gasteiger partial charge in [-0.15, -0.1) is 0 Å².